The normalized spacial score (nSPS) is 14.5. The second kappa shape index (κ2) is 6.68. The molecule has 0 radical (unpaired) electrons. The third-order valence-corrected chi connectivity index (χ3v) is 4.46. The lowest BCUT2D eigenvalue weighted by Gasteiger charge is -2.26. The molecule has 1 aliphatic heterocycles. The Balaban J connectivity index is 1.63. The molecule has 0 saturated heterocycles. The molecule has 134 valence electrons. The molecule has 0 spiro atoms. The van der Waals surface area contributed by atoms with Crippen LogP contribution in [-0.2, 0) is 11.3 Å². The predicted octanol–water partition coefficient (Wildman–Crippen LogP) is 2.36. The number of imidazole rings is 1. The van der Waals surface area contributed by atoms with Gasteiger partial charge in [0.1, 0.15) is 24.9 Å². The van der Waals surface area contributed by atoms with E-state index in [1.807, 2.05) is 28.8 Å². The number of carbonyl (C=O) groups is 1. The lowest BCUT2D eigenvalue weighted by Crippen LogP contribution is -2.31. The molecule has 7 heteroatoms. The highest BCUT2D eigenvalue weighted by Crippen LogP contribution is 2.34. The van der Waals surface area contributed by atoms with E-state index >= 15 is 0 Å². The minimum Gasteiger partial charge on any atom is -0.486 e. The molecule has 1 N–H and O–H groups in total. The van der Waals surface area contributed by atoms with Gasteiger partial charge in [0, 0.05) is 12.7 Å². The summed E-state index contributed by atoms with van der Waals surface area (Å²) in [6, 6.07) is 10.2. The summed E-state index contributed by atoms with van der Waals surface area (Å²) < 4.78 is 13.1. The lowest BCUT2D eigenvalue weighted by molar-refractivity contribution is -0.143. The maximum atomic E-state index is 12.0. The molecule has 7 nitrogen and oxygen atoms in total. The van der Waals surface area contributed by atoms with Gasteiger partial charge in [-0.2, -0.15) is 0 Å². The van der Waals surface area contributed by atoms with Crippen molar-refractivity contribution in [3.63, 3.8) is 0 Å². The number of carboxylic acids is 1. The number of ether oxygens (including phenoxy) is 2. The average molecular weight is 353 g/mol. The molecule has 0 bridgehead atoms. The zero-order valence-corrected chi connectivity index (χ0v) is 14.3. The zero-order chi connectivity index (χ0) is 18.1. The Hall–Kier alpha value is -3.06. The van der Waals surface area contributed by atoms with E-state index in [-0.39, 0.29) is 0 Å². The number of fused-ring (bicyclic) bond motifs is 2. The van der Waals surface area contributed by atoms with E-state index in [0.29, 0.717) is 36.8 Å². The molecule has 1 atom stereocenters. The third kappa shape index (κ3) is 2.97. The molecule has 0 unspecified atom stereocenters. The summed E-state index contributed by atoms with van der Waals surface area (Å²) in [5, 5.41) is 9.81. The van der Waals surface area contributed by atoms with E-state index in [4.69, 9.17) is 9.47 Å². The van der Waals surface area contributed by atoms with Crippen molar-refractivity contribution < 1.29 is 19.4 Å². The summed E-state index contributed by atoms with van der Waals surface area (Å²) >= 11 is 0. The summed E-state index contributed by atoms with van der Waals surface area (Å²) in [5.41, 5.74) is 2.41. The van der Waals surface area contributed by atoms with E-state index in [2.05, 4.69) is 4.98 Å². The minimum absolute atomic E-state index is 0.441. The number of likely N-dealkylation sites (N-methyl/N-ethyl adjacent to an activating group) is 1. The van der Waals surface area contributed by atoms with Gasteiger partial charge >= 0.3 is 5.97 Å². The van der Waals surface area contributed by atoms with Gasteiger partial charge in [-0.05, 0) is 36.9 Å². The van der Waals surface area contributed by atoms with Gasteiger partial charge in [0.15, 0.2) is 11.5 Å². The van der Waals surface area contributed by atoms with Crippen molar-refractivity contribution in [2.45, 2.75) is 12.6 Å². The molecule has 0 amide bonds. The van der Waals surface area contributed by atoms with Crippen molar-refractivity contribution in [2.75, 3.05) is 20.3 Å². The average Bonchev–Trinajstić information content (AvgIpc) is 3.04. The molecule has 26 heavy (non-hydrogen) atoms. The molecule has 3 aromatic rings. The smallest absolute Gasteiger partial charge is 0.325 e. The van der Waals surface area contributed by atoms with Crippen molar-refractivity contribution in [1.82, 2.24) is 14.3 Å². The quantitative estimate of drug-likeness (QED) is 0.759. The SMILES string of the molecule is CN(Cc1cnc2ccccn12)[C@@H](C(=O)O)c1ccc2c(c1)OCCO2. The first-order chi connectivity index (χ1) is 12.6. The molecular weight excluding hydrogens is 334 g/mol. The second-order valence-corrected chi connectivity index (χ2v) is 6.24. The summed E-state index contributed by atoms with van der Waals surface area (Å²) in [5.74, 6) is 0.315. The Morgan fingerprint density at radius 2 is 2.08 bits per heavy atom. The highest BCUT2D eigenvalue weighted by molar-refractivity contribution is 5.76. The number of benzene rings is 1. The van der Waals surface area contributed by atoms with Crippen LogP contribution in [0.2, 0.25) is 0 Å². The summed E-state index contributed by atoms with van der Waals surface area (Å²) in [4.78, 5) is 18.1. The Morgan fingerprint density at radius 3 is 2.88 bits per heavy atom. The number of aromatic nitrogens is 2. The zero-order valence-electron chi connectivity index (χ0n) is 14.3. The highest BCUT2D eigenvalue weighted by atomic mass is 16.6. The van der Waals surface area contributed by atoms with Crippen LogP contribution in [0.15, 0.2) is 48.8 Å². The number of carboxylic acid groups (broad SMARTS) is 1. The summed E-state index contributed by atoms with van der Waals surface area (Å²) in [7, 11) is 1.79. The van der Waals surface area contributed by atoms with E-state index < -0.39 is 12.0 Å². The molecule has 2 aromatic heterocycles. The number of aliphatic carboxylic acids is 1. The van der Waals surface area contributed by atoms with Crippen LogP contribution in [0.3, 0.4) is 0 Å². The molecule has 1 aromatic carbocycles. The number of rotatable bonds is 5. The number of nitrogens with zero attached hydrogens (tertiary/aromatic N) is 3. The molecule has 0 aliphatic carbocycles. The fraction of sp³-hybridized carbons (Fsp3) is 0.263. The predicted molar refractivity (Wildman–Crippen MR) is 94.5 cm³/mol. The molecule has 0 fully saturated rings. The fourth-order valence-corrected chi connectivity index (χ4v) is 3.26. The second-order valence-electron chi connectivity index (χ2n) is 6.24. The van der Waals surface area contributed by atoms with Crippen LogP contribution >= 0.6 is 0 Å². The van der Waals surface area contributed by atoms with Crippen molar-refractivity contribution in [3.05, 3.63) is 60.0 Å². The first kappa shape index (κ1) is 16.4. The Labute approximate surface area is 150 Å². The van der Waals surface area contributed by atoms with Gasteiger partial charge in [0.2, 0.25) is 0 Å². The Kier molecular flexibility index (Phi) is 4.22. The number of pyridine rings is 1. The Bertz CT molecular complexity index is 953. The van der Waals surface area contributed by atoms with Crippen LogP contribution < -0.4 is 9.47 Å². The number of hydrogen-bond donors (Lipinski definition) is 1. The summed E-state index contributed by atoms with van der Waals surface area (Å²) in [6.07, 6.45) is 3.69. The van der Waals surface area contributed by atoms with E-state index in [1.54, 1.807) is 36.3 Å². The van der Waals surface area contributed by atoms with Gasteiger partial charge in [-0.1, -0.05) is 12.1 Å². The largest absolute Gasteiger partial charge is 0.486 e. The van der Waals surface area contributed by atoms with Gasteiger partial charge in [-0.15, -0.1) is 0 Å². The monoisotopic (exact) mass is 353 g/mol. The topological polar surface area (TPSA) is 76.3 Å². The minimum atomic E-state index is -0.919. The van der Waals surface area contributed by atoms with Crippen LogP contribution in [0.4, 0.5) is 0 Å². The van der Waals surface area contributed by atoms with Crippen LogP contribution in [0, 0.1) is 0 Å². The maximum Gasteiger partial charge on any atom is 0.325 e. The van der Waals surface area contributed by atoms with Crippen LogP contribution in [-0.4, -0.2) is 45.6 Å². The van der Waals surface area contributed by atoms with Crippen molar-refractivity contribution in [3.8, 4) is 11.5 Å². The fourth-order valence-electron chi connectivity index (χ4n) is 3.26. The first-order valence-corrected chi connectivity index (χ1v) is 8.37. The van der Waals surface area contributed by atoms with Gasteiger partial charge in [-0.3, -0.25) is 9.69 Å². The molecule has 1 aliphatic rings. The van der Waals surface area contributed by atoms with Gasteiger partial charge in [0.25, 0.3) is 0 Å². The van der Waals surface area contributed by atoms with Crippen LogP contribution in [0.1, 0.15) is 17.3 Å². The van der Waals surface area contributed by atoms with Crippen LogP contribution in [0.5, 0.6) is 11.5 Å². The van der Waals surface area contributed by atoms with Crippen molar-refractivity contribution in [2.24, 2.45) is 0 Å². The van der Waals surface area contributed by atoms with E-state index in [0.717, 1.165) is 11.3 Å². The molecule has 3 heterocycles. The maximum absolute atomic E-state index is 12.0. The number of hydrogen-bond acceptors (Lipinski definition) is 5. The van der Waals surface area contributed by atoms with Crippen LogP contribution in [0.25, 0.3) is 5.65 Å². The summed E-state index contributed by atoms with van der Waals surface area (Å²) in [6.45, 7) is 1.41. The van der Waals surface area contributed by atoms with Crippen molar-refractivity contribution in [1.29, 1.82) is 0 Å². The highest BCUT2D eigenvalue weighted by Gasteiger charge is 2.27. The van der Waals surface area contributed by atoms with Gasteiger partial charge in [-0.25, -0.2) is 4.98 Å². The molecular formula is C19H19N3O4. The van der Waals surface area contributed by atoms with E-state index in [9.17, 15) is 9.90 Å². The Morgan fingerprint density at radius 1 is 1.27 bits per heavy atom. The molecule has 0 saturated carbocycles. The first-order valence-electron chi connectivity index (χ1n) is 8.37. The molecule has 4 rings (SSSR count). The standard InChI is InChI=1S/C19H19N3O4/c1-21(12-14-11-20-17-4-2-3-7-22(14)17)18(19(23)24)13-5-6-15-16(10-13)26-9-8-25-15/h2-7,10-11,18H,8-9,12H2,1H3,(H,23,24)/t18-/m1/s1. The van der Waals surface area contributed by atoms with E-state index in [1.165, 1.54) is 0 Å². The van der Waals surface area contributed by atoms with Gasteiger partial charge < -0.3 is 19.0 Å². The lowest BCUT2D eigenvalue weighted by atomic mass is 10.0. The van der Waals surface area contributed by atoms with Crippen molar-refractivity contribution >= 4 is 11.6 Å². The third-order valence-electron chi connectivity index (χ3n) is 4.46. The van der Waals surface area contributed by atoms with Gasteiger partial charge in [0.05, 0.1) is 11.9 Å².